The predicted molar refractivity (Wildman–Crippen MR) is 128 cm³/mol. The number of hydrogen-bond donors (Lipinski definition) is 2. The molecule has 0 unspecified atom stereocenters. The highest BCUT2D eigenvalue weighted by Crippen LogP contribution is 2.27. The summed E-state index contributed by atoms with van der Waals surface area (Å²) in [6.07, 6.45) is 0.862. The molecule has 0 saturated heterocycles. The first-order valence-electron chi connectivity index (χ1n) is 10.6. The van der Waals surface area contributed by atoms with Crippen molar-refractivity contribution in [2.24, 2.45) is 0 Å². The lowest BCUT2D eigenvalue weighted by Gasteiger charge is -2.28. The zero-order valence-electron chi connectivity index (χ0n) is 18.5. The quantitative estimate of drug-likeness (QED) is 0.584. The van der Waals surface area contributed by atoms with Gasteiger partial charge in [0.1, 0.15) is 5.75 Å². The first-order chi connectivity index (χ1) is 16.0. The number of nitrogens with zero attached hydrogens (tertiary/aromatic N) is 1. The number of benzene rings is 2. The Balaban J connectivity index is 1.38. The molecule has 1 aromatic heterocycles. The Labute approximate surface area is 196 Å². The lowest BCUT2D eigenvalue weighted by atomic mass is 10.0. The Morgan fingerprint density at radius 2 is 1.94 bits per heavy atom. The van der Waals surface area contributed by atoms with Crippen molar-refractivity contribution in [3.05, 3.63) is 81.0 Å². The molecule has 4 rings (SSSR count). The minimum absolute atomic E-state index is 0.0493. The molecule has 0 spiro atoms. The largest absolute Gasteiger partial charge is 0.497 e. The number of rotatable bonds is 6. The summed E-state index contributed by atoms with van der Waals surface area (Å²) in [5, 5.41) is 7.47. The first-order valence-corrected chi connectivity index (χ1v) is 11.5. The van der Waals surface area contributed by atoms with Gasteiger partial charge in [0.25, 0.3) is 11.8 Å². The van der Waals surface area contributed by atoms with Crippen molar-refractivity contribution in [1.29, 1.82) is 0 Å². The molecule has 0 atom stereocenters. The van der Waals surface area contributed by atoms with Crippen molar-refractivity contribution in [2.45, 2.75) is 19.9 Å². The molecule has 0 aliphatic carbocycles. The lowest BCUT2D eigenvalue weighted by molar-refractivity contribution is -0.115. The van der Waals surface area contributed by atoms with Gasteiger partial charge >= 0.3 is 0 Å². The molecule has 8 heteroatoms. The SMILES string of the molecule is COc1cccc(C(=O)NCC(=O)Nc2cccc(C(=O)N3CCc4sccc4C3)c2C)c1. The van der Waals surface area contributed by atoms with E-state index in [1.807, 2.05) is 11.8 Å². The van der Waals surface area contributed by atoms with E-state index >= 15 is 0 Å². The maximum absolute atomic E-state index is 13.2. The number of thiophene rings is 1. The van der Waals surface area contributed by atoms with Crippen molar-refractivity contribution in [2.75, 3.05) is 25.5 Å². The number of nitrogens with one attached hydrogen (secondary N) is 2. The van der Waals surface area contributed by atoms with Crippen molar-refractivity contribution >= 4 is 34.7 Å². The molecule has 3 amide bonds. The van der Waals surface area contributed by atoms with Crippen molar-refractivity contribution in [1.82, 2.24) is 10.2 Å². The van der Waals surface area contributed by atoms with Crippen LogP contribution in [0.15, 0.2) is 53.9 Å². The maximum atomic E-state index is 13.2. The van der Waals surface area contributed by atoms with Crippen LogP contribution < -0.4 is 15.4 Å². The molecule has 3 aromatic rings. The fraction of sp³-hybridized carbons (Fsp3) is 0.240. The van der Waals surface area contributed by atoms with Crippen LogP contribution in [-0.2, 0) is 17.8 Å². The molecule has 2 heterocycles. The minimum atomic E-state index is -0.375. The molecule has 170 valence electrons. The third-order valence-electron chi connectivity index (χ3n) is 5.67. The van der Waals surface area contributed by atoms with Crippen LogP contribution in [0.2, 0.25) is 0 Å². The average Bonchev–Trinajstić information content (AvgIpc) is 3.31. The van der Waals surface area contributed by atoms with E-state index in [9.17, 15) is 14.4 Å². The van der Waals surface area contributed by atoms with Gasteiger partial charge in [-0.2, -0.15) is 0 Å². The Bertz CT molecular complexity index is 1200. The van der Waals surface area contributed by atoms with Crippen LogP contribution in [-0.4, -0.2) is 42.8 Å². The Kier molecular flexibility index (Phi) is 6.74. The zero-order chi connectivity index (χ0) is 23.4. The van der Waals surface area contributed by atoms with Crippen LogP contribution in [0.1, 0.15) is 36.7 Å². The van der Waals surface area contributed by atoms with E-state index in [0.717, 1.165) is 6.42 Å². The number of fused-ring (bicyclic) bond motifs is 1. The number of hydrogen-bond acceptors (Lipinski definition) is 5. The maximum Gasteiger partial charge on any atom is 0.254 e. The van der Waals surface area contributed by atoms with Gasteiger partial charge in [0, 0.05) is 34.8 Å². The van der Waals surface area contributed by atoms with E-state index in [-0.39, 0.29) is 24.3 Å². The van der Waals surface area contributed by atoms with E-state index in [1.54, 1.807) is 53.8 Å². The Morgan fingerprint density at radius 1 is 1.12 bits per heavy atom. The molecule has 1 aliphatic rings. The van der Waals surface area contributed by atoms with Gasteiger partial charge in [-0.3, -0.25) is 14.4 Å². The third-order valence-corrected chi connectivity index (χ3v) is 6.70. The molecule has 0 bridgehead atoms. The van der Waals surface area contributed by atoms with Crippen molar-refractivity contribution < 1.29 is 19.1 Å². The Hall–Kier alpha value is -3.65. The van der Waals surface area contributed by atoms with E-state index < -0.39 is 0 Å². The highest BCUT2D eigenvalue weighted by Gasteiger charge is 2.24. The second-order valence-corrected chi connectivity index (χ2v) is 8.79. The topological polar surface area (TPSA) is 87.7 Å². The summed E-state index contributed by atoms with van der Waals surface area (Å²) in [6, 6.07) is 14.1. The molecule has 0 saturated carbocycles. The van der Waals surface area contributed by atoms with Gasteiger partial charge in [-0.15, -0.1) is 11.3 Å². The van der Waals surface area contributed by atoms with E-state index in [1.165, 1.54) is 17.6 Å². The molecule has 33 heavy (non-hydrogen) atoms. The van der Waals surface area contributed by atoms with Crippen LogP contribution >= 0.6 is 11.3 Å². The molecule has 2 N–H and O–H groups in total. The van der Waals surface area contributed by atoms with Gasteiger partial charge in [-0.05, 0) is 66.2 Å². The zero-order valence-corrected chi connectivity index (χ0v) is 19.3. The van der Waals surface area contributed by atoms with Crippen LogP contribution in [0.3, 0.4) is 0 Å². The number of anilines is 1. The standard InChI is InChI=1S/C25H25N3O4S/c1-16-20(25(31)28-11-9-22-18(15-28)10-12-33-22)7-4-8-21(16)27-23(29)14-26-24(30)17-5-3-6-19(13-17)32-2/h3-8,10,12-13H,9,11,14-15H2,1-2H3,(H,26,30)(H,27,29). The van der Waals surface area contributed by atoms with Gasteiger partial charge in [-0.1, -0.05) is 12.1 Å². The fourth-order valence-corrected chi connectivity index (χ4v) is 4.71. The summed E-state index contributed by atoms with van der Waals surface area (Å²) >= 11 is 1.73. The van der Waals surface area contributed by atoms with Crippen molar-refractivity contribution in [3.8, 4) is 5.75 Å². The Morgan fingerprint density at radius 3 is 2.76 bits per heavy atom. The molecule has 1 aliphatic heterocycles. The smallest absolute Gasteiger partial charge is 0.254 e. The second-order valence-electron chi connectivity index (χ2n) is 7.79. The van der Waals surface area contributed by atoms with Crippen LogP contribution in [0, 0.1) is 6.92 Å². The number of carbonyl (C=O) groups excluding carboxylic acids is 3. The minimum Gasteiger partial charge on any atom is -0.497 e. The van der Waals surface area contributed by atoms with E-state index in [4.69, 9.17) is 4.74 Å². The molecular weight excluding hydrogens is 438 g/mol. The number of ether oxygens (including phenoxy) is 1. The summed E-state index contributed by atoms with van der Waals surface area (Å²) < 4.78 is 5.12. The number of methoxy groups -OCH3 is 1. The summed E-state index contributed by atoms with van der Waals surface area (Å²) in [5.74, 6) is -0.234. The van der Waals surface area contributed by atoms with Gasteiger partial charge in [0.15, 0.2) is 0 Å². The molecule has 0 fully saturated rings. The average molecular weight is 464 g/mol. The lowest BCUT2D eigenvalue weighted by Crippen LogP contribution is -2.36. The summed E-state index contributed by atoms with van der Waals surface area (Å²) in [4.78, 5) is 41.1. The monoisotopic (exact) mass is 463 g/mol. The van der Waals surface area contributed by atoms with E-state index in [0.29, 0.717) is 41.2 Å². The van der Waals surface area contributed by atoms with Crippen LogP contribution in [0.4, 0.5) is 5.69 Å². The summed E-state index contributed by atoms with van der Waals surface area (Å²) in [7, 11) is 1.52. The molecule has 0 radical (unpaired) electrons. The first kappa shape index (κ1) is 22.5. The van der Waals surface area contributed by atoms with Crippen molar-refractivity contribution in [3.63, 3.8) is 0 Å². The summed E-state index contributed by atoms with van der Waals surface area (Å²) in [6.45, 7) is 2.90. The van der Waals surface area contributed by atoms with Gasteiger partial charge in [0.2, 0.25) is 5.91 Å². The van der Waals surface area contributed by atoms with Gasteiger partial charge < -0.3 is 20.3 Å². The van der Waals surface area contributed by atoms with Crippen LogP contribution in [0.5, 0.6) is 5.75 Å². The highest BCUT2D eigenvalue weighted by molar-refractivity contribution is 7.10. The van der Waals surface area contributed by atoms with E-state index in [2.05, 4.69) is 22.1 Å². The van der Waals surface area contributed by atoms with Gasteiger partial charge in [0.05, 0.1) is 13.7 Å². The fourth-order valence-electron chi connectivity index (χ4n) is 3.82. The molecule has 2 aromatic carbocycles. The molecular formula is C25H25N3O4S. The summed E-state index contributed by atoms with van der Waals surface area (Å²) in [5.41, 5.74) is 3.42. The third kappa shape index (κ3) is 5.06. The second kappa shape index (κ2) is 9.87. The molecule has 7 nitrogen and oxygen atoms in total. The highest BCUT2D eigenvalue weighted by atomic mass is 32.1. The number of carbonyl (C=O) groups is 3. The normalized spacial score (nSPS) is 12.6. The van der Waals surface area contributed by atoms with Crippen LogP contribution in [0.25, 0.3) is 0 Å². The van der Waals surface area contributed by atoms with Gasteiger partial charge in [-0.25, -0.2) is 0 Å². The predicted octanol–water partition coefficient (Wildman–Crippen LogP) is 3.63. The number of amides is 3.